The molecule has 1 aliphatic carbocycles. The Kier molecular flexibility index (Phi) is 3.30. The van der Waals surface area contributed by atoms with Gasteiger partial charge in [-0.05, 0) is 54.1 Å². The van der Waals surface area contributed by atoms with E-state index < -0.39 is 6.85 Å². The molecule has 1 aliphatic rings. The summed E-state index contributed by atoms with van der Waals surface area (Å²) in [6.45, 7) is 8.83. The molecule has 2 aromatic carbocycles. The molecule has 30 heavy (non-hydrogen) atoms. The first kappa shape index (κ1) is 16.1. The van der Waals surface area contributed by atoms with Gasteiger partial charge in [-0.2, -0.15) is 0 Å². The van der Waals surface area contributed by atoms with E-state index >= 15 is 0 Å². The van der Waals surface area contributed by atoms with Crippen LogP contribution in [0.3, 0.4) is 0 Å². The molecule has 3 heteroatoms. The van der Waals surface area contributed by atoms with E-state index in [1.54, 1.807) is 12.5 Å². The number of hydrogen-bond acceptors (Lipinski definition) is 2. The quantitative estimate of drug-likeness (QED) is 0.343. The molecule has 2 heterocycles. The number of rotatable bonds is 1. The number of aromatic nitrogens is 2. The maximum atomic E-state index is 8.29. The van der Waals surface area contributed by atoms with Gasteiger partial charge >= 0.3 is 0 Å². The molecule has 0 unspecified atom stereocenters. The molecule has 0 bridgehead atoms. The van der Waals surface area contributed by atoms with E-state index in [2.05, 4.69) is 44.8 Å². The van der Waals surface area contributed by atoms with Crippen LogP contribution < -0.4 is 4.57 Å². The minimum Gasteiger partial charge on any atom is -0.455 e. The van der Waals surface area contributed by atoms with Crippen molar-refractivity contribution in [1.82, 2.24) is 4.98 Å². The predicted octanol–water partition coefficient (Wildman–Crippen LogP) is 6.44. The number of nitrogens with zero attached hydrogens (tertiary/aromatic N) is 2. The van der Waals surface area contributed by atoms with Crippen LogP contribution in [-0.4, -0.2) is 4.98 Å². The molecule has 154 valence electrons. The van der Waals surface area contributed by atoms with Gasteiger partial charge in [0.05, 0.1) is 12.6 Å². The average Bonchev–Trinajstić information content (AvgIpc) is 3.09. The van der Waals surface area contributed by atoms with Gasteiger partial charge in [0.1, 0.15) is 23.1 Å². The van der Waals surface area contributed by atoms with Crippen LogP contribution in [-0.2, 0) is 17.9 Å². The molecule has 0 radical (unpaired) electrons. The minimum atomic E-state index is -2.25. The molecule has 0 saturated carbocycles. The first-order valence-corrected chi connectivity index (χ1v) is 10.7. The van der Waals surface area contributed by atoms with E-state index in [0.717, 1.165) is 40.6 Å². The van der Waals surface area contributed by atoms with Crippen LogP contribution in [0.1, 0.15) is 66.9 Å². The average molecular weight is 403 g/mol. The van der Waals surface area contributed by atoms with Gasteiger partial charge in [0.2, 0.25) is 0 Å². The van der Waals surface area contributed by atoms with Gasteiger partial charge < -0.3 is 4.42 Å². The summed E-state index contributed by atoms with van der Waals surface area (Å²) in [4.78, 5) is 4.21. The Balaban J connectivity index is 2.01. The lowest BCUT2D eigenvalue weighted by molar-refractivity contribution is -0.663. The fourth-order valence-corrected chi connectivity index (χ4v) is 5.27. The lowest BCUT2D eigenvalue weighted by Gasteiger charge is -2.41. The molecular formula is C27H31N2O+. The molecule has 5 rings (SSSR count). The highest BCUT2D eigenvalue weighted by Gasteiger charge is 2.39. The van der Waals surface area contributed by atoms with Gasteiger partial charge in [0, 0.05) is 26.5 Å². The Morgan fingerprint density at radius 2 is 1.80 bits per heavy atom. The standard InChI is InChI=1S/C27H31N2O/c1-16-14-17(2)22(20-10-13-28-15-29(20)7)25-21(16)18-8-9-19-23(24(18)30-25)27(5,6)12-11-26(19,3)4/h8-10,13-15H,11-12H2,1-7H3/q+1/i1D3. The third-order valence-electron chi connectivity index (χ3n) is 7.09. The fraction of sp³-hybridized carbons (Fsp3) is 0.407. The number of benzene rings is 2. The first-order valence-electron chi connectivity index (χ1n) is 12.2. The Morgan fingerprint density at radius 1 is 1.03 bits per heavy atom. The van der Waals surface area contributed by atoms with E-state index in [4.69, 9.17) is 8.53 Å². The number of aryl methyl sites for hydroxylation is 3. The Bertz CT molecular complexity index is 1430. The fourth-order valence-electron chi connectivity index (χ4n) is 5.27. The van der Waals surface area contributed by atoms with Gasteiger partial charge in [0.15, 0.2) is 0 Å². The molecule has 4 aromatic rings. The molecule has 0 amide bonds. The molecule has 3 nitrogen and oxygen atoms in total. The summed E-state index contributed by atoms with van der Waals surface area (Å²) in [5, 5.41) is 1.59. The van der Waals surface area contributed by atoms with Crippen molar-refractivity contribution in [2.45, 2.75) is 65.1 Å². The zero-order valence-corrected chi connectivity index (χ0v) is 18.7. The van der Waals surface area contributed by atoms with E-state index in [9.17, 15) is 0 Å². The second-order valence-corrected chi connectivity index (χ2v) is 10.1. The van der Waals surface area contributed by atoms with Gasteiger partial charge in [-0.3, -0.25) is 0 Å². The minimum absolute atomic E-state index is 0.0428. The first-order chi connectivity index (χ1) is 15.3. The predicted molar refractivity (Wildman–Crippen MR) is 123 cm³/mol. The molecule has 0 saturated heterocycles. The van der Waals surface area contributed by atoms with Crippen molar-refractivity contribution in [2.75, 3.05) is 0 Å². The van der Waals surface area contributed by atoms with Crippen LogP contribution in [0.4, 0.5) is 0 Å². The molecule has 0 aliphatic heterocycles. The van der Waals surface area contributed by atoms with Gasteiger partial charge in [-0.25, -0.2) is 4.57 Å². The molecule has 2 aromatic heterocycles. The van der Waals surface area contributed by atoms with Crippen molar-refractivity contribution in [3.8, 4) is 11.3 Å². The van der Waals surface area contributed by atoms with Crippen LogP contribution in [0.25, 0.3) is 33.2 Å². The largest absolute Gasteiger partial charge is 0.455 e. The Labute approximate surface area is 183 Å². The molecule has 0 N–H and O–H groups in total. The summed E-state index contributed by atoms with van der Waals surface area (Å²) in [7, 11) is 1.95. The molecule has 0 fully saturated rings. The summed E-state index contributed by atoms with van der Waals surface area (Å²) in [5.74, 6) is 0. The Hall–Kier alpha value is -2.68. The second kappa shape index (κ2) is 6.16. The topological polar surface area (TPSA) is 29.9 Å². The van der Waals surface area contributed by atoms with Crippen LogP contribution in [0.15, 0.2) is 41.2 Å². The third-order valence-corrected chi connectivity index (χ3v) is 7.09. The zero-order valence-electron chi connectivity index (χ0n) is 21.7. The summed E-state index contributed by atoms with van der Waals surface area (Å²) in [5.41, 5.74) is 7.05. The normalized spacial score (nSPS) is 19.3. The molecular weight excluding hydrogens is 368 g/mol. The van der Waals surface area contributed by atoms with Crippen LogP contribution in [0.5, 0.6) is 0 Å². The van der Waals surface area contributed by atoms with Crippen molar-refractivity contribution in [1.29, 1.82) is 0 Å². The molecule has 0 atom stereocenters. The monoisotopic (exact) mass is 402 g/mol. The molecule has 0 spiro atoms. The lowest BCUT2D eigenvalue weighted by atomic mass is 9.63. The summed E-state index contributed by atoms with van der Waals surface area (Å²) in [6, 6.07) is 8.04. The second-order valence-electron chi connectivity index (χ2n) is 10.1. The van der Waals surface area contributed by atoms with Crippen molar-refractivity contribution >= 4 is 21.9 Å². The highest BCUT2D eigenvalue weighted by Crippen LogP contribution is 2.51. The third kappa shape index (κ3) is 2.57. The summed E-state index contributed by atoms with van der Waals surface area (Å²) >= 11 is 0. The van der Waals surface area contributed by atoms with E-state index in [0.29, 0.717) is 16.5 Å². The van der Waals surface area contributed by atoms with Gasteiger partial charge in [-0.15, -0.1) is 0 Å². The Morgan fingerprint density at radius 3 is 2.53 bits per heavy atom. The van der Waals surface area contributed by atoms with Crippen molar-refractivity contribution in [3.63, 3.8) is 0 Å². The maximum Gasteiger partial charge on any atom is 0.286 e. The SMILES string of the molecule is [2H]C([2H])([2H])c1cc(C)c(-c2ccnc[n+]2C)c2oc3c4c(ccc3c12)C(C)(C)CCC4(C)C. The maximum absolute atomic E-state index is 8.29. The van der Waals surface area contributed by atoms with E-state index in [1.807, 2.05) is 30.7 Å². The number of furan rings is 1. The van der Waals surface area contributed by atoms with Gasteiger partial charge in [-0.1, -0.05) is 50.9 Å². The lowest BCUT2D eigenvalue weighted by Crippen LogP contribution is -2.33. The van der Waals surface area contributed by atoms with Crippen LogP contribution in [0, 0.1) is 13.8 Å². The van der Waals surface area contributed by atoms with Crippen molar-refractivity contribution in [2.24, 2.45) is 7.05 Å². The van der Waals surface area contributed by atoms with Crippen LogP contribution in [0.2, 0.25) is 0 Å². The van der Waals surface area contributed by atoms with Gasteiger partial charge in [0.25, 0.3) is 6.33 Å². The highest BCUT2D eigenvalue weighted by molar-refractivity contribution is 6.12. The van der Waals surface area contributed by atoms with Crippen molar-refractivity contribution in [3.05, 3.63) is 59.0 Å². The van der Waals surface area contributed by atoms with Crippen LogP contribution >= 0.6 is 0 Å². The highest BCUT2D eigenvalue weighted by atomic mass is 16.3. The smallest absolute Gasteiger partial charge is 0.286 e. The van der Waals surface area contributed by atoms with E-state index in [-0.39, 0.29) is 10.8 Å². The van der Waals surface area contributed by atoms with E-state index in [1.165, 1.54) is 11.1 Å². The number of fused-ring (bicyclic) bond motifs is 5. The summed E-state index contributed by atoms with van der Waals surface area (Å²) in [6.07, 6.45) is 5.68. The number of hydrogen-bond donors (Lipinski definition) is 0. The van der Waals surface area contributed by atoms with Crippen molar-refractivity contribution < 1.29 is 13.1 Å². The zero-order chi connectivity index (χ0) is 23.9. The summed E-state index contributed by atoms with van der Waals surface area (Å²) < 4.78 is 33.6.